The van der Waals surface area contributed by atoms with E-state index in [2.05, 4.69) is 4.99 Å². The van der Waals surface area contributed by atoms with Crippen LogP contribution in [0.2, 0.25) is 0 Å². The number of hydrogen-bond donors (Lipinski definition) is 1. The predicted octanol–water partition coefficient (Wildman–Crippen LogP) is 3.06. The van der Waals surface area contributed by atoms with Gasteiger partial charge in [0.2, 0.25) is 0 Å². The third-order valence-electron chi connectivity index (χ3n) is 5.24. The summed E-state index contributed by atoms with van der Waals surface area (Å²) >= 11 is 0. The number of aliphatic hydroxyl groups excluding tert-OH is 1. The molecule has 27 heavy (non-hydrogen) atoms. The molecule has 156 valence electrons. The van der Waals surface area contributed by atoms with Gasteiger partial charge in [0, 0.05) is 20.0 Å². The summed E-state index contributed by atoms with van der Waals surface area (Å²) in [6.07, 6.45) is 10.1. The number of aliphatic hydroxyl groups is 1. The van der Waals surface area contributed by atoms with E-state index in [0.717, 1.165) is 19.3 Å². The van der Waals surface area contributed by atoms with Crippen molar-refractivity contribution in [1.29, 1.82) is 0 Å². The minimum Gasteiger partial charge on any atom is -0.448 e. The van der Waals surface area contributed by atoms with E-state index in [-0.39, 0.29) is 30.8 Å². The average molecular weight is 385 g/mol. The second kappa shape index (κ2) is 12.2. The first-order chi connectivity index (χ1) is 13.0. The van der Waals surface area contributed by atoms with Crippen LogP contribution in [-0.2, 0) is 19.1 Å². The second-order valence-corrected chi connectivity index (χ2v) is 7.79. The van der Waals surface area contributed by atoms with Gasteiger partial charge in [-0.3, -0.25) is 9.63 Å². The molecule has 1 aliphatic carbocycles. The molecular weight excluding hydrogens is 348 g/mol. The van der Waals surface area contributed by atoms with Gasteiger partial charge >= 0.3 is 6.08 Å². The summed E-state index contributed by atoms with van der Waals surface area (Å²) in [5, 5.41) is 11.2. The molecule has 7 heteroatoms. The number of carbonyl (C=O) groups excluding carboxylic acids is 1. The number of amides is 1. The Morgan fingerprint density at radius 2 is 1.89 bits per heavy atom. The van der Waals surface area contributed by atoms with Crippen LogP contribution in [-0.4, -0.2) is 61.2 Å². The van der Waals surface area contributed by atoms with Gasteiger partial charge in [0.1, 0.15) is 6.10 Å². The van der Waals surface area contributed by atoms with Gasteiger partial charge in [-0.1, -0.05) is 25.7 Å². The summed E-state index contributed by atoms with van der Waals surface area (Å²) in [5.74, 6) is 0.265. The zero-order chi connectivity index (χ0) is 19.5. The molecule has 1 amide bonds. The van der Waals surface area contributed by atoms with Gasteiger partial charge in [-0.2, -0.15) is 0 Å². The Morgan fingerprint density at radius 3 is 2.63 bits per heavy atom. The van der Waals surface area contributed by atoms with E-state index in [0.29, 0.717) is 25.5 Å². The summed E-state index contributed by atoms with van der Waals surface area (Å²) in [5.41, 5.74) is 0. The van der Waals surface area contributed by atoms with Crippen LogP contribution in [0, 0.1) is 5.92 Å². The lowest BCUT2D eigenvalue weighted by molar-refractivity contribution is -0.185. The van der Waals surface area contributed by atoms with Gasteiger partial charge in [-0.25, -0.2) is 10.1 Å². The number of carbonyl (C=O) groups is 1. The molecule has 0 aromatic carbocycles. The van der Waals surface area contributed by atoms with E-state index in [1.165, 1.54) is 43.6 Å². The quantitative estimate of drug-likeness (QED) is 0.582. The van der Waals surface area contributed by atoms with E-state index in [1.807, 2.05) is 6.92 Å². The van der Waals surface area contributed by atoms with Gasteiger partial charge in [0.05, 0.1) is 12.7 Å². The summed E-state index contributed by atoms with van der Waals surface area (Å²) in [7, 11) is 1.62. The van der Waals surface area contributed by atoms with E-state index in [1.54, 1.807) is 7.05 Å². The summed E-state index contributed by atoms with van der Waals surface area (Å²) in [6.45, 7) is 2.84. The van der Waals surface area contributed by atoms with Crippen LogP contribution in [0.5, 0.6) is 0 Å². The average Bonchev–Trinajstić information content (AvgIpc) is 2.91. The molecule has 0 radical (unpaired) electrons. The highest BCUT2D eigenvalue weighted by molar-refractivity contribution is 5.79. The maximum atomic E-state index is 12.3. The lowest BCUT2D eigenvalue weighted by Gasteiger charge is -2.22. The highest BCUT2D eigenvalue weighted by Crippen LogP contribution is 2.23. The Morgan fingerprint density at radius 1 is 1.19 bits per heavy atom. The van der Waals surface area contributed by atoms with Gasteiger partial charge < -0.3 is 14.6 Å². The Labute approximate surface area is 163 Å². The third kappa shape index (κ3) is 8.93. The number of nitrogens with zero attached hydrogens (tertiary/aromatic N) is 2. The minimum atomic E-state index is -0.371. The summed E-state index contributed by atoms with van der Waals surface area (Å²) < 4.78 is 11.1. The molecule has 7 nitrogen and oxygen atoms in total. The van der Waals surface area contributed by atoms with Crippen LogP contribution < -0.4 is 0 Å². The molecule has 1 saturated carbocycles. The molecule has 2 unspecified atom stereocenters. The zero-order valence-corrected chi connectivity index (χ0v) is 16.9. The van der Waals surface area contributed by atoms with Crippen LogP contribution in [0.4, 0.5) is 0 Å². The van der Waals surface area contributed by atoms with Gasteiger partial charge in [-0.05, 0) is 44.9 Å². The molecule has 0 aromatic heterocycles. The molecule has 1 N–H and O–H groups in total. The standard InChI is InChI=1S/C20H36N2O5/c1-16-13-18(23)11-7-8-12-21-20(27-16)25-15-19(24)22(2)26-14-17-9-5-3-4-6-10-17/h16-18,23H,3-15H2,1-2H3. The molecule has 2 rings (SSSR count). The van der Waals surface area contributed by atoms with Crippen molar-refractivity contribution >= 4 is 12.0 Å². The molecule has 0 saturated heterocycles. The van der Waals surface area contributed by atoms with Crippen LogP contribution in [0.25, 0.3) is 0 Å². The number of hydroxylamine groups is 2. The van der Waals surface area contributed by atoms with Gasteiger partial charge in [0.25, 0.3) is 5.91 Å². The Kier molecular flexibility index (Phi) is 9.91. The van der Waals surface area contributed by atoms with Crippen LogP contribution in [0.15, 0.2) is 4.99 Å². The minimum absolute atomic E-state index is 0.127. The normalized spacial score (nSPS) is 25.7. The topological polar surface area (TPSA) is 80.6 Å². The molecule has 2 atom stereocenters. The van der Waals surface area contributed by atoms with Crippen LogP contribution in [0.3, 0.4) is 0 Å². The van der Waals surface area contributed by atoms with Crippen molar-refractivity contribution in [2.75, 3.05) is 26.8 Å². The number of ether oxygens (including phenoxy) is 2. The van der Waals surface area contributed by atoms with Crippen LogP contribution >= 0.6 is 0 Å². The number of aliphatic imine (C=N–C) groups is 1. The summed E-state index contributed by atoms with van der Waals surface area (Å²) in [4.78, 5) is 22.2. The fraction of sp³-hybridized carbons (Fsp3) is 0.900. The molecule has 0 spiro atoms. The lowest BCUT2D eigenvalue weighted by atomic mass is 10.0. The Balaban J connectivity index is 1.73. The van der Waals surface area contributed by atoms with Gasteiger partial charge in [-0.15, -0.1) is 0 Å². The lowest BCUT2D eigenvalue weighted by Crippen LogP contribution is -2.34. The smallest absolute Gasteiger partial charge is 0.384 e. The molecular formula is C20H36N2O5. The third-order valence-corrected chi connectivity index (χ3v) is 5.24. The number of hydrogen-bond acceptors (Lipinski definition) is 6. The molecule has 1 aliphatic heterocycles. The van der Waals surface area contributed by atoms with Gasteiger partial charge in [0.15, 0.2) is 6.61 Å². The maximum Gasteiger partial charge on any atom is 0.384 e. The van der Waals surface area contributed by atoms with Crippen molar-refractivity contribution in [3.05, 3.63) is 0 Å². The first-order valence-corrected chi connectivity index (χ1v) is 10.5. The van der Waals surface area contributed by atoms with Crippen molar-refractivity contribution < 1.29 is 24.2 Å². The predicted molar refractivity (Wildman–Crippen MR) is 103 cm³/mol. The van der Waals surface area contributed by atoms with E-state index in [9.17, 15) is 9.90 Å². The second-order valence-electron chi connectivity index (χ2n) is 7.79. The molecule has 1 fully saturated rings. The zero-order valence-electron chi connectivity index (χ0n) is 16.9. The fourth-order valence-corrected chi connectivity index (χ4v) is 3.53. The highest BCUT2D eigenvalue weighted by Gasteiger charge is 2.19. The number of likely N-dealkylation sites (N-methyl/N-ethyl adjacent to an activating group) is 1. The van der Waals surface area contributed by atoms with Crippen molar-refractivity contribution in [3.63, 3.8) is 0 Å². The highest BCUT2D eigenvalue weighted by atomic mass is 16.7. The molecule has 0 bridgehead atoms. The molecule has 1 heterocycles. The Hall–Kier alpha value is -1.34. The molecule has 2 aliphatic rings. The summed E-state index contributed by atoms with van der Waals surface area (Å²) in [6, 6.07) is 0. The van der Waals surface area contributed by atoms with Crippen molar-refractivity contribution in [3.8, 4) is 0 Å². The first-order valence-electron chi connectivity index (χ1n) is 10.5. The van der Waals surface area contributed by atoms with E-state index >= 15 is 0 Å². The first kappa shape index (κ1) is 22.0. The van der Waals surface area contributed by atoms with E-state index < -0.39 is 0 Å². The van der Waals surface area contributed by atoms with Crippen molar-refractivity contribution in [1.82, 2.24) is 5.06 Å². The largest absolute Gasteiger partial charge is 0.448 e. The Bertz CT molecular complexity index is 463. The van der Waals surface area contributed by atoms with Crippen molar-refractivity contribution in [2.45, 2.75) is 83.3 Å². The van der Waals surface area contributed by atoms with Crippen LogP contribution in [0.1, 0.15) is 71.1 Å². The number of rotatable bonds is 5. The maximum absolute atomic E-state index is 12.3. The monoisotopic (exact) mass is 384 g/mol. The van der Waals surface area contributed by atoms with E-state index in [4.69, 9.17) is 14.3 Å². The molecule has 0 aromatic rings. The SMILES string of the molecule is CC1CC(O)CCCCN=C(OCC(=O)N(C)OCC2CCCCCC2)O1. The fourth-order valence-electron chi connectivity index (χ4n) is 3.53. The van der Waals surface area contributed by atoms with Crippen molar-refractivity contribution in [2.24, 2.45) is 10.9 Å².